The molecule has 2 rings (SSSR count). The first-order valence-corrected chi connectivity index (χ1v) is 13.9. The van der Waals surface area contributed by atoms with E-state index in [9.17, 15) is 21.4 Å². The molecule has 0 aliphatic heterocycles. The SMILES string of the molecule is CC/C(C)=C(\C)C(C)(C)c1cc(-c2ccc(S(=O)(=O)O)cc2)c[n+](CCCS(=O)(=O)O)c1C. The molecule has 0 fully saturated rings. The molecule has 0 unspecified atom stereocenters. The number of benzene rings is 1. The minimum absolute atomic E-state index is 0.183. The Hall–Kier alpha value is -2.07. The van der Waals surface area contributed by atoms with Crippen LogP contribution in [0.3, 0.4) is 0 Å². The van der Waals surface area contributed by atoms with Gasteiger partial charge in [-0.3, -0.25) is 9.11 Å². The second-order valence-electron chi connectivity index (χ2n) is 8.94. The maximum absolute atomic E-state index is 11.4. The van der Waals surface area contributed by atoms with Gasteiger partial charge in [0, 0.05) is 29.9 Å². The highest BCUT2D eigenvalue weighted by molar-refractivity contribution is 7.86. The van der Waals surface area contributed by atoms with Crippen molar-refractivity contribution < 1.29 is 30.5 Å². The highest BCUT2D eigenvalue weighted by Crippen LogP contribution is 2.36. The zero-order chi connectivity index (χ0) is 25.2. The highest BCUT2D eigenvalue weighted by atomic mass is 32.2. The number of nitrogens with zero attached hydrogens (tertiary/aromatic N) is 1. The number of hydrogen-bond acceptors (Lipinski definition) is 4. The van der Waals surface area contributed by atoms with E-state index in [4.69, 9.17) is 4.55 Å². The van der Waals surface area contributed by atoms with Gasteiger partial charge >= 0.3 is 0 Å². The summed E-state index contributed by atoms with van der Waals surface area (Å²) in [4.78, 5) is -0.183. The number of allylic oxidation sites excluding steroid dienone is 2. The third-order valence-corrected chi connectivity index (χ3v) is 8.16. The van der Waals surface area contributed by atoms with Gasteiger partial charge in [-0.15, -0.1) is 0 Å². The van der Waals surface area contributed by atoms with Gasteiger partial charge in [-0.1, -0.05) is 44.1 Å². The van der Waals surface area contributed by atoms with Gasteiger partial charge in [0.15, 0.2) is 11.9 Å². The summed E-state index contributed by atoms with van der Waals surface area (Å²) in [5.74, 6) is -0.334. The predicted molar refractivity (Wildman–Crippen MR) is 129 cm³/mol. The lowest BCUT2D eigenvalue weighted by Gasteiger charge is -2.29. The lowest BCUT2D eigenvalue weighted by Crippen LogP contribution is -2.41. The Labute approximate surface area is 197 Å². The molecule has 0 aliphatic carbocycles. The summed E-state index contributed by atoms with van der Waals surface area (Å²) in [5.41, 5.74) is 5.88. The Morgan fingerprint density at radius 1 is 1.00 bits per heavy atom. The monoisotopic (exact) mass is 496 g/mol. The molecular formula is C24H34NO6S2+. The van der Waals surface area contributed by atoms with Crippen molar-refractivity contribution in [2.75, 3.05) is 5.75 Å². The minimum Gasteiger partial charge on any atom is -0.286 e. The topological polar surface area (TPSA) is 113 Å². The van der Waals surface area contributed by atoms with Crippen LogP contribution in [-0.2, 0) is 32.2 Å². The summed E-state index contributed by atoms with van der Waals surface area (Å²) >= 11 is 0. The van der Waals surface area contributed by atoms with Gasteiger partial charge in [0.25, 0.3) is 20.2 Å². The lowest BCUT2D eigenvalue weighted by atomic mass is 9.75. The average molecular weight is 497 g/mol. The van der Waals surface area contributed by atoms with Crippen LogP contribution in [0.25, 0.3) is 11.1 Å². The third kappa shape index (κ3) is 6.72. The summed E-state index contributed by atoms with van der Waals surface area (Å²) in [6.07, 6.45) is 3.07. The summed E-state index contributed by atoms with van der Waals surface area (Å²) in [5, 5.41) is 0. The number of hydrogen-bond donors (Lipinski definition) is 2. The van der Waals surface area contributed by atoms with Crippen molar-refractivity contribution in [1.82, 2.24) is 0 Å². The molecule has 33 heavy (non-hydrogen) atoms. The highest BCUT2D eigenvalue weighted by Gasteiger charge is 2.31. The molecule has 0 spiro atoms. The quantitative estimate of drug-likeness (QED) is 0.300. The van der Waals surface area contributed by atoms with Crippen LogP contribution < -0.4 is 4.57 Å². The van der Waals surface area contributed by atoms with E-state index in [1.54, 1.807) is 12.1 Å². The lowest BCUT2D eigenvalue weighted by molar-refractivity contribution is -0.702. The van der Waals surface area contributed by atoms with Gasteiger partial charge in [-0.25, -0.2) is 4.57 Å². The van der Waals surface area contributed by atoms with E-state index in [1.165, 1.54) is 23.3 Å². The molecule has 1 heterocycles. The maximum atomic E-state index is 11.4. The molecule has 1 aromatic carbocycles. The first-order chi connectivity index (χ1) is 15.1. The van der Waals surface area contributed by atoms with Crippen molar-refractivity contribution in [2.45, 2.75) is 71.2 Å². The van der Waals surface area contributed by atoms with Gasteiger partial charge in [-0.2, -0.15) is 16.8 Å². The smallest absolute Gasteiger partial charge is 0.286 e. The van der Waals surface area contributed by atoms with Crippen LogP contribution in [-0.4, -0.2) is 31.7 Å². The molecule has 0 amide bonds. The van der Waals surface area contributed by atoms with Crippen LogP contribution in [0.1, 0.15) is 58.7 Å². The summed E-state index contributed by atoms with van der Waals surface area (Å²) in [6, 6.07) is 8.04. The number of rotatable bonds is 9. The fourth-order valence-corrected chi connectivity index (χ4v) is 4.95. The Morgan fingerprint density at radius 2 is 1.58 bits per heavy atom. The van der Waals surface area contributed by atoms with Crippen LogP contribution in [0, 0.1) is 6.92 Å². The summed E-state index contributed by atoms with van der Waals surface area (Å²) in [7, 11) is -8.35. The molecule has 182 valence electrons. The molecule has 0 saturated carbocycles. The summed E-state index contributed by atoms with van der Waals surface area (Å²) in [6.45, 7) is 13.0. The molecule has 0 aliphatic rings. The fourth-order valence-electron chi connectivity index (χ4n) is 3.98. The van der Waals surface area contributed by atoms with E-state index in [2.05, 4.69) is 40.7 Å². The van der Waals surface area contributed by atoms with Crippen LogP contribution in [0.4, 0.5) is 0 Å². The first-order valence-electron chi connectivity index (χ1n) is 10.8. The Bertz CT molecular complexity index is 1260. The second kappa shape index (κ2) is 10.0. The molecular weight excluding hydrogens is 462 g/mol. The number of aryl methyl sites for hydroxylation is 1. The van der Waals surface area contributed by atoms with Gasteiger partial charge in [0.2, 0.25) is 0 Å². The second-order valence-corrected chi connectivity index (χ2v) is 11.9. The van der Waals surface area contributed by atoms with Crippen molar-refractivity contribution in [3.05, 3.63) is 58.9 Å². The normalized spacial score (nSPS) is 13.7. The molecule has 0 radical (unpaired) electrons. The molecule has 7 nitrogen and oxygen atoms in total. The molecule has 2 aromatic rings. The average Bonchev–Trinajstić information content (AvgIpc) is 2.72. The largest absolute Gasteiger partial charge is 0.294 e. The van der Waals surface area contributed by atoms with E-state index in [1.807, 2.05) is 17.7 Å². The summed E-state index contributed by atoms with van der Waals surface area (Å²) < 4.78 is 65.6. The minimum atomic E-state index is -4.29. The van der Waals surface area contributed by atoms with E-state index < -0.39 is 20.2 Å². The Balaban J connectivity index is 2.67. The Morgan fingerprint density at radius 3 is 2.06 bits per heavy atom. The van der Waals surface area contributed by atoms with Gasteiger partial charge in [0.1, 0.15) is 6.54 Å². The van der Waals surface area contributed by atoms with Crippen molar-refractivity contribution >= 4 is 20.2 Å². The van der Waals surface area contributed by atoms with Crippen LogP contribution in [0.15, 0.2) is 52.6 Å². The maximum Gasteiger partial charge on any atom is 0.294 e. The van der Waals surface area contributed by atoms with Gasteiger partial charge in [0.05, 0.1) is 10.6 Å². The molecule has 9 heteroatoms. The molecule has 1 aromatic heterocycles. The van der Waals surface area contributed by atoms with Crippen LogP contribution in [0.2, 0.25) is 0 Å². The molecule has 0 saturated heterocycles. The van der Waals surface area contributed by atoms with E-state index in [0.29, 0.717) is 6.54 Å². The van der Waals surface area contributed by atoms with E-state index in [-0.39, 0.29) is 22.5 Å². The van der Waals surface area contributed by atoms with Crippen molar-refractivity contribution in [1.29, 1.82) is 0 Å². The van der Waals surface area contributed by atoms with Crippen molar-refractivity contribution in [2.24, 2.45) is 0 Å². The first kappa shape index (κ1) is 27.2. The standard InChI is InChI=1S/C24H33NO6S2/c1-7-17(2)18(3)24(5,6)23-15-21(20-9-11-22(12-10-20)33(29,30)31)16-25(19(23)4)13-8-14-32(26,27)28/h9-12,15-16H,7-8,13-14H2,1-6H3,(H-,26,27,28,29,30,31)/p+1/b18-17+. The van der Waals surface area contributed by atoms with E-state index in [0.717, 1.165) is 28.8 Å². The molecule has 0 bridgehead atoms. The van der Waals surface area contributed by atoms with Crippen LogP contribution >= 0.6 is 0 Å². The predicted octanol–water partition coefficient (Wildman–Crippen LogP) is 4.50. The third-order valence-electron chi connectivity index (χ3n) is 6.48. The molecule has 2 N–H and O–H groups in total. The zero-order valence-corrected chi connectivity index (χ0v) is 21.7. The van der Waals surface area contributed by atoms with Gasteiger partial charge < -0.3 is 0 Å². The van der Waals surface area contributed by atoms with Crippen molar-refractivity contribution in [3.63, 3.8) is 0 Å². The molecule has 0 atom stereocenters. The Kier molecular flexibility index (Phi) is 8.27. The van der Waals surface area contributed by atoms with Crippen molar-refractivity contribution in [3.8, 4) is 11.1 Å². The number of pyridine rings is 1. The van der Waals surface area contributed by atoms with Gasteiger partial charge in [-0.05, 0) is 44.0 Å². The number of aromatic nitrogens is 1. The zero-order valence-electron chi connectivity index (χ0n) is 20.1. The van der Waals surface area contributed by atoms with E-state index >= 15 is 0 Å². The fraction of sp³-hybridized carbons (Fsp3) is 0.458. The van der Waals surface area contributed by atoms with Crippen LogP contribution in [0.5, 0.6) is 0 Å².